The molecule has 1 radical (unpaired) electrons. The van der Waals surface area contributed by atoms with E-state index in [9.17, 15) is 4.79 Å². The predicted octanol–water partition coefficient (Wildman–Crippen LogP) is -10.7. The molecule has 0 aliphatic heterocycles. The summed E-state index contributed by atoms with van der Waals surface area (Å²) in [6.07, 6.45) is -1.23. The summed E-state index contributed by atoms with van der Waals surface area (Å²) in [5.74, 6) is -1.19. The van der Waals surface area contributed by atoms with Gasteiger partial charge >= 0.3 is 149 Å². The minimum Gasteiger partial charge on any atom is -1.00 e. The van der Waals surface area contributed by atoms with Gasteiger partial charge in [-0.15, -0.1) is 0 Å². The molecule has 85 valence electrons. The van der Waals surface area contributed by atoms with Crippen molar-refractivity contribution in [2.24, 2.45) is 0 Å². The maximum absolute atomic E-state index is 9.45. The van der Waals surface area contributed by atoms with Crippen LogP contribution in [0.2, 0.25) is 0 Å². The number of hydrogen-bond donors (Lipinski definition) is 4. The number of rotatable bonds is 1. The average Bonchev–Trinajstić information content (AvgIpc) is 1.59. The molecule has 0 heterocycles. The van der Waals surface area contributed by atoms with Crippen LogP contribution >= 0.6 is 0 Å². The first-order valence-electron chi connectivity index (χ1n) is 2.25. The van der Waals surface area contributed by atoms with Crippen LogP contribution in [-0.2, 0) is 15.2 Å². The van der Waals surface area contributed by atoms with E-state index in [4.69, 9.17) is 27.7 Å². The van der Waals surface area contributed by atoms with Crippen LogP contribution in [0, 0.1) is 35.6 Å². The summed E-state index contributed by atoms with van der Waals surface area (Å²) >= 11 is 0. The molecule has 1 atom stereocenters. The van der Waals surface area contributed by atoms with Crippen LogP contribution in [-0.4, -0.2) is 45.3 Å². The molecule has 0 fully saturated rings. The van der Waals surface area contributed by atoms with E-state index in [1.165, 1.54) is 6.92 Å². The van der Waals surface area contributed by atoms with Gasteiger partial charge in [-0.1, -0.05) is 0 Å². The van der Waals surface area contributed by atoms with Gasteiger partial charge in [-0.2, -0.15) is 8.42 Å². The number of aliphatic carboxylic acids is 1. The molecule has 0 spiro atoms. The molecule has 0 aromatic rings. The molecule has 0 aromatic heterocycles. The van der Waals surface area contributed by atoms with Gasteiger partial charge in [-0.25, -0.2) is 4.79 Å². The predicted molar refractivity (Wildman–Crippen MR) is 40.4 cm³/mol. The van der Waals surface area contributed by atoms with E-state index in [0.717, 1.165) is 0 Å². The summed E-state index contributed by atoms with van der Waals surface area (Å²) < 4.78 is 31.6. The second kappa shape index (κ2) is 24.7. The van der Waals surface area contributed by atoms with Crippen molar-refractivity contribution in [2.45, 2.75) is 13.0 Å². The Bertz CT molecular complexity index is 225. The van der Waals surface area contributed by atoms with Gasteiger partial charge in [0.05, 0.1) is 0 Å². The zero-order chi connectivity index (χ0) is 9.65. The van der Waals surface area contributed by atoms with Gasteiger partial charge < -0.3 is 20.0 Å². The van der Waals surface area contributed by atoms with Gasteiger partial charge in [0.25, 0.3) is 0 Å². The zero-order valence-corrected chi connectivity index (χ0v) is 22.3. The Hall–Kier alpha value is 4.73. The van der Waals surface area contributed by atoms with E-state index in [2.05, 4.69) is 0 Å². The first-order chi connectivity index (χ1) is 4.64. The van der Waals surface area contributed by atoms with Gasteiger partial charge in [0.15, 0.2) is 0 Å². The quantitative estimate of drug-likeness (QED) is 0.228. The maximum atomic E-state index is 9.45. The molecular weight excluding hydrogens is 436 g/mol. The van der Waals surface area contributed by atoms with Gasteiger partial charge in [-0.05, 0) is 6.92 Å². The zero-order valence-electron chi connectivity index (χ0n) is 12.6. The van der Waals surface area contributed by atoms with Crippen molar-refractivity contribution in [3.05, 3.63) is 0 Å². The van der Waals surface area contributed by atoms with E-state index in [0.29, 0.717) is 0 Å². The Kier molecular flexibility index (Phi) is 66.2. The number of carbonyl (C=O) groups is 1. The third kappa shape index (κ3) is 77.3. The first kappa shape index (κ1) is 42.8. The fourth-order valence-electron chi connectivity index (χ4n) is 0. The topological polar surface area (TPSA) is 164 Å². The van der Waals surface area contributed by atoms with Crippen LogP contribution < -0.4 is 132 Å². The molecule has 0 rings (SSSR count). The Morgan fingerprint density at radius 3 is 1.31 bits per heavy atom. The second-order valence-corrected chi connectivity index (χ2v) is 2.36. The summed E-state index contributed by atoms with van der Waals surface area (Å²) in [6, 6.07) is 0. The summed E-state index contributed by atoms with van der Waals surface area (Å²) in [7, 11) is -4.67. The fourth-order valence-corrected chi connectivity index (χ4v) is 0. The number of carboxylic acids is 1. The molecule has 16 heavy (non-hydrogen) atoms. The van der Waals surface area contributed by atoms with Crippen LogP contribution in [0.15, 0.2) is 0 Å². The van der Waals surface area contributed by atoms with Crippen LogP contribution in [0.1, 0.15) is 11.2 Å². The molecule has 0 aromatic carbocycles. The third-order valence-corrected chi connectivity index (χ3v) is 0.357. The Morgan fingerprint density at radius 2 is 1.31 bits per heavy atom. The van der Waals surface area contributed by atoms with Crippen molar-refractivity contribution >= 4 is 16.4 Å². The molecule has 13 heteroatoms. The van der Waals surface area contributed by atoms with Crippen molar-refractivity contribution in [3.8, 4) is 0 Å². The SMILES string of the molecule is CC(O)C(=O)O.O.O=S(=O)(O)O.[H-].[H-].[H-].[K+].[K+].[La].[Na+]. The van der Waals surface area contributed by atoms with Crippen LogP contribution in [0.25, 0.3) is 0 Å². The number of hydrogen-bond acceptors (Lipinski definition) is 4. The first-order valence-corrected chi connectivity index (χ1v) is 3.65. The Labute approximate surface area is 233 Å². The van der Waals surface area contributed by atoms with Gasteiger partial charge in [-0.3, -0.25) is 9.11 Å². The molecule has 8 nitrogen and oxygen atoms in total. The molecule has 0 amide bonds. The van der Waals surface area contributed by atoms with Crippen LogP contribution in [0.3, 0.4) is 0 Å². The third-order valence-electron chi connectivity index (χ3n) is 0.357. The average molecular weight is 449 g/mol. The molecule has 0 aliphatic rings. The second-order valence-electron chi connectivity index (χ2n) is 1.46. The van der Waals surface area contributed by atoms with E-state index < -0.39 is 22.5 Å². The molecule has 1 unspecified atom stereocenters. The van der Waals surface area contributed by atoms with Crippen molar-refractivity contribution in [3.63, 3.8) is 0 Å². The van der Waals surface area contributed by atoms with Crippen molar-refractivity contribution in [1.82, 2.24) is 0 Å². The van der Waals surface area contributed by atoms with E-state index in [1.807, 2.05) is 0 Å². The van der Waals surface area contributed by atoms with E-state index in [1.54, 1.807) is 0 Å². The van der Waals surface area contributed by atoms with E-state index in [-0.39, 0.29) is 178 Å². The fraction of sp³-hybridized carbons (Fsp3) is 0.667. The number of aliphatic hydroxyl groups is 1. The summed E-state index contributed by atoms with van der Waals surface area (Å²) in [5.41, 5.74) is 0. The molecule has 0 saturated heterocycles. The Morgan fingerprint density at radius 1 is 1.25 bits per heavy atom. The molecule has 6 N–H and O–H groups in total. The molecule has 0 aliphatic carbocycles. The molecular formula is C3H13K2LaNaO8S. The number of aliphatic hydroxyl groups excluding tert-OH is 1. The minimum atomic E-state index is -4.67. The Balaban J connectivity index is -0.00000000754. The standard InChI is InChI=1S/C3H6O3.2K.La.Na.H2O4S.H2O.3H/c1-2(4)3(5)6;;;;;1-5(2,3)4;;;;/h2,4H,1H3,(H,5,6);;;;;(H2,1,2,3,4);1H2;;;/q;2*+1;;+1;;;3*-1. The minimum absolute atomic E-state index is 0. The maximum Gasteiger partial charge on any atom is 1.00 e. The van der Waals surface area contributed by atoms with Gasteiger partial charge in [0.1, 0.15) is 6.10 Å². The molecule has 0 saturated carbocycles. The summed E-state index contributed by atoms with van der Waals surface area (Å²) in [4.78, 5) is 9.45. The monoisotopic (exact) mass is 449 g/mol. The smallest absolute Gasteiger partial charge is 1.00 e. The van der Waals surface area contributed by atoms with Crippen molar-refractivity contribution in [2.75, 3.05) is 0 Å². The molecule has 0 bridgehead atoms. The van der Waals surface area contributed by atoms with Crippen LogP contribution in [0.4, 0.5) is 0 Å². The van der Waals surface area contributed by atoms with Crippen LogP contribution in [0.5, 0.6) is 0 Å². The number of carboxylic acid groups (broad SMARTS) is 1. The normalized spacial score (nSPS) is 8.75. The van der Waals surface area contributed by atoms with Gasteiger partial charge in [0.2, 0.25) is 0 Å². The van der Waals surface area contributed by atoms with E-state index >= 15 is 0 Å². The van der Waals surface area contributed by atoms with Crippen molar-refractivity contribution in [1.29, 1.82) is 0 Å². The summed E-state index contributed by atoms with van der Waals surface area (Å²) in [6.45, 7) is 1.20. The van der Waals surface area contributed by atoms with Gasteiger partial charge in [0, 0.05) is 35.6 Å². The largest absolute Gasteiger partial charge is 1.00 e. The van der Waals surface area contributed by atoms with Crippen molar-refractivity contribution < 1.29 is 210 Å². The summed E-state index contributed by atoms with van der Waals surface area (Å²) in [5, 5.41) is 15.8.